The maximum Gasteiger partial charge on any atom is 0.244 e. The van der Waals surface area contributed by atoms with Crippen molar-refractivity contribution in [1.82, 2.24) is 10.3 Å². The van der Waals surface area contributed by atoms with Gasteiger partial charge in [-0.05, 0) is 35.9 Å². The number of terminal acetylenes is 1. The number of hydrogen-bond donors (Lipinski definition) is 2. The standard InChI is InChI=1S/C26H31FN4O4S/c1-6-19-15-18(16-21(27)24(19)30-36(5,33)34)17-28-23(32)10-8-20-7-9-22(26(2,3)4)29-25(20)31-11-13-35-14-12-31/h1,7-10,15-16,30H,11-14,17H2,2-5H3,(H,28,32)/b10-8+. The Kier molecular flexibility index (Phi) is 8.38. The predicted molar refractivity (Wildman–Crippen MR) is 140 cm³/mol. The van der Waals surface area contributed by atoms with Crippen LogP contribution in [0.3, 0.4) is 0 Å². The maximum atomic E-state index is 14.5. The van der Waals surface area contributed by atoms with Crippen LogP contribution in [0, 0.1) is 18.2 Å². The third-order valence-electron chi connectivity index (χ3n) is 5.46. The first-order valence-corrected chi connectivity index (χ1v) is 13.3. The van der Waals surface area contributed by atoms with Gasteiger partial charge in [0.05, 0.1) is 30.7 Å². The molecule has 1 aliphatic rings. The number of carbonyl (C=O) groups excluding carboxylic acids is 1. The quantitative estimate of drug-likeness (QED) is 0.435. The van der Waals surface area contributed by atoms with Crippen LogP contribution in [0.25, 0.3) is 6.08 Å². The summed E-state index contributed by atoms with van der Waals surface area (Å²) in [6.07, 6.45) is 9.43. The van der Waals surface area contributed by atoms with Gasteiger partial charge in [-0.3, -0.25) is 9.52 Å². The van der Waals surface area contributed by atoms with Gasteiger partial charge in [0.15, 0.2) is 0 Å². The van der Waals surface area contributed by atoms with E-state index in [1.165, 1.54) is 12.1 Å². The van der Waals surface area contributed by atoms with Crippen LogP contribution in [0.5, 0.6) is 0 Å². The molecule has 1 aromatic heterocycles. The third-order valence-corrected chi connectivity index (χ3v) is 6.03. The van der Waals surface area contributed by atoms with Crippen LogP contribution in [-0.4, -0.2) is 51.9 Å². The fourth-order valence-electron chi connectivity index (χ4n) is 3.62. The van der Waals surface area contributed by atoms with E-state index in [-0.39, 0.29) is 29.1 Å². The Bertz CT molecular complexity index is 1300. The minimum Gasteiger partial charge on any atom is -0.378 e. The minimum atomic E-state index is -3.71. The van der Waals surface area contributed by atoms with Gasteiger partial charge < -0.3 is 15.0 Å². The van der Waals surface area contributed by atoms with E-state index in [9.17, 15) is 17.6 Å². The number of halogens is 1. The molecule has 2 aromatic rings. The van der Waals surface area contributed by atoms with Gasteiger partial charge in [-0.1, -0.05) is 26.7 Å². The molecule has 0 saturated carbocycles. The Morgan fingerprint density at radius 1 is 1.28 bits per heavy atom. The normalized spacial score (nSPS) is 14.5. The Morgan fingerprint density at radius 2 is 1.97 bits per heavy atom. The minimum absolute atomic E-state index is 0.00542. The van der Waals surface area contributed by atoms with E-state index in [0.717, 1.165) is 29.4 Å². The fraction of sp³-hybridized carbons (Fsp3) is 0.385. The summed E-state index contributed by atoms with van der Waals surface area (Å²) < 4.78 is 45.0. The highest BCUT2D eigenvalue weighted by atomic mass is 32.2. The van der Waals surface area contributed by atoms with Crippen molar-refractivity contribution < 1.29 is 22.3 Å². The lowest BCUT2D eigenvalue weighted by molar-refractivity contribution is -0.116. The molecule has 2 N–H and O–H groups in total. The summed E-state index contributed by atoms with van der Waals surface area (Å²) >= 11 is 0. The summed E-state index contributed by atoms with van der Waals surface area (Å²) in [5.74, 6) is 1.86. The number of morpholine rings is 1. The number of benzene rings is 1. The van der Waals surface area contributed by atoms with Gasteiger partial charge in [-0.25, -0.2) is 17.8 Å². The second-order valence-corrected chi connectivity index (χ2v) is 11.3. The molecule has 1 amide bonds. The number of aromatic nitrogens is 1. The van der Waals surface area contributed by atoms with Crippen molar-refractivity contribution in [3.8, 4) is 12.3 Å². The van der Waals surface area contributed by atoms with Crippen LogP contribution in [0.15, 0.2) is 30.3 Å². The second kappa shape index (κ2) is 11.1. The lowest BCUT2D eigenvalue weighted by atomic mass is 9.91. The van der Waals surface area contributed by atoms with E-state index >= 15 is 0 Å². The second-order valence-electron chi connectivity index (χ2n) is 9.53. The highest BCUT2D eigenvalue weighted by molar-refractivity contribution is 7.92. The van der Waals surface area contributed by atoms with Gasteiger partial charge in [0.25, 0.3) is 0 Å². The fourth-order valence-corrected chi connectivity index (χ4v) is 4.20. The zero-order valence-electron chi connectivity index (χ0n) is 20.9. The Labute approximate surface area is 212 Å². The number of carbonyl (C=O) groups is 1. The molecule has 1 saturated heterocycles. The average Bonchev–Trinajstić information content (AvgIpc) is 2.82. The van der Waals surface area contributed by atoms with E-state index in [4.69, 9.17) is 16.1 Å². The summed E-state index contributed by atoms with van der Waals surface area (Å²) in [4.78, 5) is 19.5. The first kappa shape index (κ1) is 27.2. The molecule has 1 aromatic carbocycles. The van der Waals surface area contributed by atoms with Crippen molar-refractivity contribution in [1.29, 1.82) is 0 Å². The molecule has 8 nitrogen and oxygen atoms in total. The first-order valence-electron chi connectivity index (χ1n) is 11.4. The summed E-state index contributed by atoms with van der Waals surface area (Å²) in [6, 6.07) is 6.48. The number of nitrogens with zero attached hydrogens (tertiary/aromatic N) is 2. The number of pyridine rings is 1. The molecular weight excluding hydrogens is 483 g/mol. The summed E-state index contributed by atoms with van der Waals surface area (Å²) in [7, 11) is -3.71. The van der Waals surface area contributed by atoms with Crippen molar-refractivity contribution in [2.45, 2.75) is 32.7 Å². The van der Waals surface area contributed by atoms with Crippen LogP contribution in [-0.2, 0) is 31.5 Å². The molecule has 1 fully saturated rings. The number of hydrogen-bond acceptors (Lipinski definition) is 6. The van der Waals surface area contributed by atoms with Crippen LogP contribution < -0.4 is 14.9 Å². The van der Waals surface area contributed by atoms with E-state index in [2.05, 4.69) is 41.6 Å². The topological polar surface area (TPSA) is 101 Å². The molecule has 0 bridgehead atoms. The molecule has 0 radical (unpaired) electrons. The van der Waals surface area contributed by atoms with E-state index in [1.807, 2.05) is 12.1 Å². The van der Waals surface area contributed by atoms with Crippen molar-refractivity contribution >= 4 is 33.5 Å². The lowest BCUT2D eigenvalue weighted by Gasteiger charge is -2.30. The average molecular weight is 515 g/mol. The van der Waals surface area contributed by atoms with Crippen molar-refractivity contribution in [2.75, 3.05) is 42.2 Å². The zero-order valence-corrected chi connectivity index (χ0v) is 21.7. The van der Waals surface area contributed by atoms with E-state index in [1.54, 1.807) is 6.08 Å². The maximum absolute atomic E-state index is 14.5. The Morgan fingerprint density at radius 3 is 2.58 bits per heavy atom. The van der Waals surface area contributed by atoms with Crippen molar-refractivity contribution in [3.05, 3.63) is 58.5 Å². The van der Waals surface area contributed by atoms with Crippen LogP contribution in [0.4, 0.5) is 15.9 Å². The van der Waals surface area contributed by atoms with Gasteiger partial charge in [-0.15, -0.1) is 6.42 Å². The predicted octanol–water partition coefficient (Wildman–Crippen LogP) is 3.04. The molecule has 1 aliphatic heterocycles. The lowest BCUT2D eigenvalue weighted by Crippen LogP contribution is -2.37. The molecule has 0 aliphatic carbocycles. The Hall–Kier alpha value is -3.42. The first-order chi connectivity index (χ1) is 16.9. The van der Waals surface area contributed by atoms with Gasteiger partial charge in [0.1, 0.15) is 11.6 Å². The van der Waals surface area contributed by atoms with Crippen LogP contribution in [0.1, 0.15) is 43.2 Å². The largest absolute Gasteiger partial charge is 0.378 e. The molecule has 192 valence electrons. The number of amides is 1. The molecular formula is C26H31FN4O4S. The Balaban J connectivity index is 1.76. The molecule has 2 heterocycles. The summed E-state index contributed by atoms with van der Waals surface area (Å²) in [5.41, 5.74) is 1.77. The highest BCUT2D eigenvalue weighted by Gasteiger charge is 2.21. The SMILES string of the molecule is C#Cc1cc(CNC(=O)/C=C/c2ccc(C(C)(C)C)nc2N2CCOCC2)cc(F)c1NS(C)(=O)=O. The highest BCUT2D eigenvalue weighted by Crippen LogP contribution is 2.27. The van der Waals surface area contributed by atoms with Gasteiger partial charge >= 0.3 is 0 Å². The van der Waals surface area contributed by atoms with E-state index in [0.29, 0.717) is 31.9 Å². The molecule has 0 atom stereocenters. The third kappa shape index (κ3) is 7.29. The number of ether oxygens (including phenoxy) is 1. The summed E-state index contributed by atoms with van der Waals surface area (Å²) in [6.45, 7) is 8.94. The number of rotatable bonds is 7. The molecule has 0 unspecified atom stereocenters. The molecule has 0 spiro atoms. The van der Waals surface area contributed by atoms with E-state index < -0.39 is 15.8 Å². The van der Waals surface area contributed by atoms with Gasteiger partial charge in [0.2, 0.25) is 15.9 Å². The molecule has 3 rings (SSSR count). The number of anilines is 2. The smallest absolute Gasteiger partial charge is 0.244 e. The van der Waals surface area contributed by atoms with Gasteiger partial charge in [-0.2, -0.15) is 0 Å². The monoisotopic (exact) mass is 514 g/mol. The zero-order chi connectivity index (χ0) is 26.5. The van der Waals surface area contributed by atoms with Gasteiger partial charge in [0, 0.05) is 42.4 Å². The van der Waals surface area contributed by atoms with Crippen molar-refractivity contribution in [2.24, 2.45) is 0 Å². The van der Waals surface area contributed by atoms with Crippen LogP contribution >= 0.6 is 0 Å². The number of sulfonamides is 1. The van der Waals surface area contributed by atoms with Crippen molar-refractivity contribution in [3.63, 3.8) is 0 Å². The molecule has 10 heteroatoms. The molecule has 36 heavy (non-hydrogen) atoms. The number of nitrogens with one attached hydrogen (secondary N) is 2. The van der Waals surface area contributed by atoms with Crippen LogP contribution in [0.2, 0.25) is 0 Å². The summed E-state index contributed by atoms with van der Waals surface area (Å²) in [5, 5.41) is 2.70.